The van der Waals surface area contributed by atoms with Gasteiger partial charge in [0.1, 0.15) is 0 Å². The molecule has 0 radical (unpaired) electrons. The van der Waals surface area contributed by atoms with Crippen LogP contribution in [0.2, 0.25) is 5.04 Å². The average Bonchev–Trinajstić information content (AvgIpc) is 2.74. The van der Waals surface area contributed by atoms with Crippen LogP contribution in [-0.2, 0) is 4.43 Å². The van der Waals surface area contributed by atoms with Crippen molar-refractivity contribution < 1.29 is 9.53 Å². The van der Waals surface area contributed by atoms with Gasteiger partial charge in [-0.2, -0.15) is 0 Å². The van der Waals surface area contributed by atoms with Crippen molar-refractivity contribution in [3.05, 3.63) is 85.0 Å². The highest BCUT2D eigenvalue weighted by Gasteiger charge is 2.50. The molecule has 166 valence electrons. The van der Waals surface area contributed by atoms with E-state index in [2.05, 4.69) is 120 Å². The molecule has 0 heterocycles. The molecule has 0 saturated carbocycles. The molecular weight excluding hydrogens is 396 g/mol. The summed E-state index contributed by atoms with van der Waals surface area (Å²) in [5.41, 5.74) is -0.138. The van der Waals surface area contributed by atoms with Crippen molar-refractivity contribution in [3.8, 4) is 0 Å². The van der Waals surface area contributed by atoms with Crippen LogP contribution in [-0.4, -0.2) is 26.6 Å². The molecule has 0 saturated heterocycles. The zero-order valence-electron chi connectivity index (χ0n) is 19.8. The molecule has 1 N–H and O–H groups in total. The Balaban J connectivity index is 1.97. The van der Waals surface area contributed by atoms with Gasteiger partial charge in [0.25, 0.3) is 8.32 Å². The number of aliphatic hydroxyl groups excluding tert-OH is 1. The highest BCUT2D eigenvalue weighted by molar-refractivity contribution is 6.99. The Morgan fingerprint density at radius 3 is 1.65 bits per heavy atom. The number of hydrogen-bond donors (Lipinski definition) is 1. The first kappa shape index (κ1) is 23.7. The normalized spacial score (nSPS) is 23.8. The monoisotopic (exact) mass is 434 g/mol. The molecule has 0 fully saturated rings. The van der Waals surface area contributed by atoms with Crippen molar-refractivity contribution in [2.24, 2.45) is 10.8 Å². The van der Waals surface area contributed by atoms with Gasteiger partial charge in [-0.05, 0) is 39.1 Å². The number of aliphatic hydroxyl groups is 1. The molecule has 3 rings (SSSR count). The van der Waals surface area contributed by atoms with Crippen molar-refractivity contribution >= 4 is 18.7 Å². The van der Waals surface area contributed by atoms with Gasteiger partial charge in [-0.25, -0.2) is 0 Å². The number of allylic oxidation sites excluding steroid dienone is 4. The lowest BCUT2D eigenvalue weighted by atomic mass is 9.60. The fourth-order valence-electron chi connectivity index (χ4n) is 5.06. The van der Waals surface area contributed by atoms with Crippen LogP contribution in [0.25, 0.3) is 0 Å². The minimum absolute atomic E-state index is 0.0205. The predicted molar refractivity (Wildman–Crippen MR) is 134 cm³/mol. The predicted octanol–water partition coefficient (Wildman–Crippen LogP) is 5.47. The van der Waals surface area contributed by atoms with Crippen molar-refractivity contribution in [3.63, 3.8) is 0 Å². The SMILES string of the molecule is CC(C)(C)[Si](OCC[C@@]1(C)C=CC=C[C@]1(C)CCO)(c1ccccc1)c1ccccc1. The maximum atomic E-state index is 9.69. The molecule has 0 bridgehead atoms. The average molecular weight is 435 g/mol. The van der Waals surface area contributed by atoms with Crippen molar-refractivity contribution in [1.29, 1.82) is 0 Å². The first-order chi connectivity index (χ1) is 14.7. The molecule has 3 heteroatoms. The standard InChI is InChI=1S/C28H38O2Si/c1-26(2,3)31(24-14-8-6-9-15-24,25-16-10-7-11-17-25)30-23-21-28(5)19-13-12-18-27(28,4)20-22-29/h6-19,29H,20-23H2,1-5H3/t27-,28-/m1/s1. The molecule has 2 aromatic carbocycles. The smallest absolute Gasteiger partial charge is 0.261 e. The highest BCUT2D eigenvalue weighted by Crippen LogP contribution is 2.49. The van der Waals surface area contributed by atoms with Gasteiger partial charge in [0.05, 0.1) is 0 Å². The van der Waals surface area contributed by atoms with Crippen molar-refractivity contribution in [2.75, 3.05) is 13.2 Å². The Kier molecular flexibility index (Phi) is 7.10. The molecule has 1 aliphatic rings. The molecule has 0 amide bonds. The molecule has 31 heavy (non-hydrogen) atoms. The summed E-state index contributed by atoms with van der Waals surface area (Å²) in [6, 6.07) is 21.6. The molecular formula is C28H38O2Si. The summed E-state index contributed by atoms with van der Waals surface area (Å²) in [6.45, 7) is 12.4. The van der Waals surface area contributed by atoms with Crippen LogP contribution in [0.3, 0.4) is 0 Å². The summed E-state index contributed by atoms with van der Waals surface area (Å²) < 4.78 is 7.12. The second-order valence-corrected chi connectivity index (χ2v) is 14.6. The zero-order valence-corrected chi connectivity index (χ0v) is 20.8. The Labute approximate surface area is 189 Å². The van der Waals surface area contributed by atoms with Gasteiger partial charge in [0.2, 0.25) is 0 Å². The Hall–Kier alpha value is -1.94. The van der Waals surface area contributed by atoms with Crippen LogP contribution >= 0.6 is 0 Å². The maximum absolute atomic E-state index is 9.69. The molecule has 0 aliphatic heterocycles. The lowest BCUT2D eigenvalue weighted by molar-refractivity contribution is 0.0979. The van der Waals surface area contributed by atoms with Gasteiger partial charge in [-0.15, -0.1) is 0 Å². The topological polar surface area (TPSA) is 29.5 Å². The van der Waals surface area contributed by atoms with Gasteiger partial charge >= 0.3 is 0 Å². The van der Waals surface area contributed by atoms with E-state index in [1.54, 1.807) is 0 Å². The van der Waals surface area contributed by atoms with Crippen LogP contribution < -0.4 is 10.4 Å². The summed E-state index contributed by atoms with van der Waals surface area (Å²) in [4.78, 5) is 0. The molecule has 2 aromatic rings. The molecule has 1 aliphatic carbocycles. The van der Waals surface area contributed by atoms with E-state index in [1.807, 2.05) is 0 Å². The van der Waals surface area contributed by atoms with Gasteiger partial charge in [-0.3, -0.25) is 0 Å². The Morgan fingerprint density at radius 1 is 0.774 bits per heavy atom. The van der Waals surface area contributed by atoms with Crippen LogP contribution in [0.5, 0.6) is 0 Å². The molecule has 0 spiro atoms. The lowest BCUT2D eigenvalue weighted by Crippen LogP contribution is -2.66. The maximum Gasteiger partial charge on any atom is 0.261 e. The van der Waals surface area contributed by atoms with E-state index in [9.17, 15) is 5.11 Å². The second-order valence-electron chi connectivity index (χ2n) is 10.3. The highest BCUT2D eigenvalue weighted by atomic mass is 28.4. The number of hydrogen-bond acceptors (Lipinski definition) is 2. The fraction of sp³-hybridized carbons (Fsp3) is 0.429. The second kappa shape index (κ2) is 9.28. The summed E-state index contributed by atoms with van der Waals surface area (Å²) in [5.74, 6) is 0. The van der Waals surface area contributed by atoms with Gasteiger partial charge < -0.3 is 9.53 Å². The van der Waals surface area contributed by atoms with E-state index in [-0.39, 0.29) is 22.5 Å². The molecule has 0 aromatic heterocycles. The number of rotatable bonds is 8. The molecule has 2 nitrogen and oxygen atoms in total. The van der Waals surface area contributed by atoms with E-state index in [1.165, 1.54) is 10.4 Å². The van der Waals surface area contributed by atoms with Gasteiger partial charge in [-0.1, -0.05) is 120 Å². The van der Waals surface area contributed by atoms with E-state index in [0.717, 1.165) is 12.8 Å². The Morgan fingerprint density at radius 2 is 1.23 bits per heavy atom. The van der Waals surface area contributed by atoms with Crippen LogP contribution in [0.1, 0.15) is 47.5 Å². The summed E-state index contributed by atoms with van der Waals surface area (Å²) in [7, 11) is -2.52. The minimum Gasteiger partial charge on any atom is -0.407 e. The third-order valence-electron chi connectivity index (χ3n) is 7.33. The van der Waals surface area contributed by atoms with E-state index in [4.69, 9.17) is 4.43 Å². The minimum atomic E-state index is -2.52. The van der Waals surface area contributed by atoms with Crippen LogP contribution in [0.4, 0.5) is 0 Å². The molecule has 0 unspecified atom stereocenters. The van der Waals surface area contributed by atoms with Crippen molar-refractivity contribution in [1.82, 2.24) is 0 Å². The van der Waals surface area contributed by atoms with Gasteiger partial charge in [0.15, 0.2) is 0 Å². The van der Waals surface area contributed by atoms with Crippen molar-refractivity contribution in [2.45, 2.75) is 52.5 Å². The Bertz CT molecular complexity index is 858. The quantitative estimate of drug-likeness (QED) is 0.558. The lowest BCUT2D eigenvalue weighted by Gasteiger charge is -2.47. The van der Waals surface area contributed by atoms with E-state index in [0.29, 0.717) is 6.61 Å². The molecule has 2 atom stereocenters. The summed E-state index contributed by atoms with van der Waals surface area (Å²) >= 11 is 0. The first-order valence-corrected chi connectivity index (χ1v) is 13.3. The summed E-state index contributed by atoms with van der Waals surface area (Å²) in [6.07, 6.45) is 10.5. The zero-order chi connectivity index (χ0) is 22.6. The van der Waals surface area contributed by atoms with Gasteiger partial charge in [0, 0.05) is 13.2 Å². The fourth-order valence-corrected chi connectivity index (χ4v) is 9.63. The third kappa shape index (κ3) is 4.50. The number of benzene rings is 2. The first-order valence-electron chi connectivity index (χ1n) is 11.4. The third-order valence-corrected chi connectivity index (χ3v) is 12.4. The summed E-state index contributed by atoms with van der Waals surface area (Å²) in [5, 5.41) is 12.3. The largest absolute Gasteiger partial charge is 0.407 e. The van der Waals surface area contributed by atoms with E-state index < -0.39 is 8.32 Å². The van der Waals surface area contributed by atoms with E-state index >= 15 is 0 Å². The van der Waals surface area contributed by atoms with Crippen LogP contribution in [0.15, 0.2) is 85.0 Å². The van der Waals surface area contributed by atoms with Crippen LogP contribution in [0, 0.1) is 10.8 Å².